The van der Waals surface area contributed by atoms with Crippen LogP contribution >= 0.6 is 0 Å². The molecule has 0 radical (unpaired) electrons. The molecule has 1 atom stereocenters. The molecule has 19 heavy (non-hydrogen) atoms. The minimum absolute atomic E-state index is 0.271. The summed E-state index contributed by atoms with van der Waals surface area (Å²) in [6, 6.07) is 1.87. The lowest BCUT2D eigenvalue weighted by Crippen LogP contribution is -2.38. The molecular formula is C13H15N5O. The first-order chi connectivity index (χ1) is 9.33. The zero-order chi connectivity index (χ0) is 13.1. The van der Waals surface area contributed by atoms with Crippen molar-refractivity contribution in [3.05, 3.63) is 31.0 Å². The number of β-amino-alcohol motifs (C(OH)–C–C–N with tert-alkyl or cyclic N) is 1. The van der Waals surface area contributed by atoms with E-state index in [4.69, 9.17) is 0 Å². The van der Waals surface area contributed by atoms with Crippen molar-refractivity contribution in [3.63, 3.8) is 0 Å². The molecule has 98 valence electrons. The van der Waals surface area contributed by atoms with Crippen LogP contribution in [0.25, 0.3) is 11.4 Å². The zero-order valence-electron chi connectivity index (χ0n) is 10.5. The summed E-state index contributed by atoms with van der Waals surface area (Å²) < 4.78 is 0. The lowest BCUT2D eigenvalue weighted by atomic mass is 10.1. The summed E-state index contributed by atoms with van der Waals surface area (Å²) in [6.45, 7) is 1.54. The van der Waals surface area contributed by atoms with Crippen LogP contribution in [0.3, 0.4) is 0 Å². The third-order valence-electron chi connectivity index (χ3n) is 3.18. The van der Waals surface area contributed by atoms with E-state index in [0.29, 0.717) is 12.4 Å². The SMILES string of the molecule is O[C@@H]1CCCN(c2ccnc(-c3cncnc3)n2)C1. The first-order valence-corrected chi connectivity index (χ1v) is 6.34. The van der Waals surface area contributed by atoms with Crippen molar-refractivity contribution >= 4 is 5.82 Å². The number of hydrogen-bond donors (Lipinski definition) is 1. The van der Waals surface area contributed by atoms with Crippen molar-refractivity contribution < 1.29 is 5.11 Å². The van der Waals surface area contributed by atoms with E-state index in [1.807, 2.05) is 6.07 Å². The largest absolute Gasteiger partial charge is 0.391 e. The van der Waals surface area contributed by atoms with Gasteiger partial charge in [0, 0.05) is 31.7 Å². The molecule has 6 nitrogen and oxygen atoms in total. The molecule has 6 heteroatoms. The average Bonchev–Trinajstić information content (AvgIpc) is 2.48. The van der Waals surface area contributed by atoms with Gasteiger partial charge in [0.1, 0.15) is 12.1 Å². The quantitative estimate of drug-likeness (QED) is 0.861. The van der Waals surface area contributed by atoms with Crippen LogP contribution in [0.1, 0.15) is 12.8 Å². The molecular weight excluding hydrogens is 242 g/mol. The molecule has 0 spiro atoms. The Balaban J connectivity index is 1.88. The van der Waals surface area contributed by atoms with Gasteiger partial charge in [-0.1, -0.05) is 0 Å². The molecule has 1 fully saturated rings. The molecule has 2 aromatic rings. The number of piperidine rings is 1. The van der Waals surface area contributed by atoms with Crippen LogP contribution in [0.2, 0.25) is 0 Å². The number of aromatic nitrogens is 4. The smallest absolute Gasteiger partial charge is 0.164 e. The van der Waals surface area contributed by atoms with E-state index < -0.39 is 0 Å². The highest BCUT2D eigenvalue weighted by atomic mass is 16.3. The van der Waals surface area contributed by atoms with Gasteiger partial charge in [-0.3, -0.25) is 0 Å². The lowest BCUT2D eigenvalue weighted by molar-refractivity contribution is 0.154. The molecule has 0 aromatic carbocycles. The van der Waals surface area contributed by atoms with Gasteiger partial charge in [-0.2, -0.15) is 0 Å². The van der Waals surface area contributed by atoms with Gasteiger partial charge in [-0.25, -0.2) is 19.9 Å². The first kappa shape index (κ1) is 12.0. The summed E-state index contributed by atoms with van der Waals surface area (Å²) in [7, 11) is 0. The Morgan fingerprint density at radius 3 is 2.89 bits per heavy atom. The summed E-state index contributed by atoms with van der Waals surface area (Å²) in [5.74, 6) is 1.45. The molecule has 0 aliphatic carbocycles. The minimum Gasteiger partial charge on any atom is -0.391 e. The van der Waals surface area contributed by atoms with Gasteiger partial charge in [0.2, 0.25) is 0 Å². The standard InChI is InChI=1S/C13H15N5O/c19-11-2-1-5-18(8-11)12-3-4-16-13(17-12)10-6-14-9-15-7-10/h3-4,6-7,9,11,19H,1-2,5,8H2/t11-/m1/s1. The monoisotopic (exact) mass is 257 g/mol. The van der Waals surface area contributed by atoms with Crippen molar-refractivity contribution in [2.24, 2.45) is 0 Å². The number of nitrogens with zero attached hydrogens (tertiary/aromatic N) is 5. The Morgan fingerprint density at radius 1 is 1.26 bits per heavy atom. The van der Waals surface area contributed by atoms with Crippen LogP contribution in [-0.2, 0) is 0 Å². The van der Waals surface area contributed by atoms with Crippen LogP contribution in [-0.4, -0.2) is 44.2 Å². The Morgan fingerprint density at radius 2 is 2.11 bits per heavy atom. The molecule has 0 amide bonds. The van der Waals surface area contributed by atoms with Gasteiger partial charge >= 0.3 is 0 Å². The fourth-order valence-corrected chi connectivity index (χ4v) is 2.24. The van der Waals surface area contributed by atoms with Gasteiger partial charge in [-0.15, -0.1) is 0 Å². The molecule has 0 saturated carbocycles. The molecule has 3 rings (SSSR count). The van der Waals surface area contributed by atoms with E-state index in [0.717, 1.165) is 30.8 Å². The second-order valence-corrected chi connectivity index (χ2v) is 4.61. The summed E-state index contributed by atoms with van der Waals surface area (Å²) in [5.41, 5.74) is 0.793. The number of aliphatic hydroxyl groups is 1. The molecule has 1 N–H and O–H groups in total. The third-order valence-corrected chi connectivity index (χ3v) is 3.18. The average molecular weight is 257 g/mol. The summed E-state index contributed by atoms with van der Waals surface area (Å²) in [6.07, 6.45) is 8.16. The molecule has 0 unspecified atom stereocenters. The Bertz CT molecular complexity index is 548. The Kier molecular flexibility index (Phi) is 3.33. The van der Waals surface area contributed by atoms with Crippen molar-refractivity contribution in [2.45, 2.75) is 18.9 Å². The predicted octanol–water partition coefficient (Wildman–Crippen LogP) is 0.895. The van der Waals surface area contributed by atoms with Gasteiger partial charge in [0.15, 0.2) is 5.82 Å². The number of anilines is 1. The fraction of sp³-hybridized carbons (Fsp3) is 0.385. The topological polar surface area (TPSA) is 75.0 Å². The number of hydrogen-bond acceptors (Lipinski definition) is 6. The Labute approximate surface area is 111 Å². The van der Waals surface area contributed by atoms with Gasteiger partial charge < -0.3 is 10.0 Å². The second kappa shape index (κ2) is 5.27. The summed E-state index contributed by atoms with van der Waals surface area (Å²) in [4.78, 5) is 18.8. The molecule has 1 saturated heterocycles. The van der Waals surface area contributed by atoms with Crippen LogP contribution in [0.5, 0.6) is 0 Å². The summed E-state index contributed by atoms with van der Waals surface area (Å²) in [5, 5.41) is 9.72. The molecule has 3 heterocycles. The first-order valence-electron chi connectivity index (χ1n) is 6.34. The van der Waals surface area contributed by atoms with Crippen molar-refractivity contribution in [2.75, 3.05) is 18.0 Å². The van der Waals surface area contributed by atoms with Crippen molar-refractivity contribution in [1.29, 1.82) is 0 Å². The lowest BCUT2D eigenvalue weighted by Gasteiger charge is -2.31. The predicted molar refractivity (Wildman–Crippen MR) is 70.5 cm³/mol. The van der Waals surface area contributed by atoms with E-state index in [1.54, 1.807) is 18.6 Å². The molecule has 2 aromatic heterocycles. The maximum atomic E-state index is 9.72. The zero-order valence-corrected chi connectivity index (χ0v) is 10.5. The molecule has 1 aliphatic rings. The second-order valence-electron chi connectivity index (χ2n) is 4.61. The van der Waals surface area contributed by atoms with Gasteiger partial charge in [-0.05, 0) is 18.9 Å². The number of aliphatic hydroxyl groups excluding tert-OH is 1. The van der Waals surface area contributed by atoms with Crippen molar-refractivity contribution in [3.8, 4) is 11.4 Å². The van der Waals surface area contributed by atoms with E-state index in [1.165, 1.54) is 6.33 Å². The van der Waals surface area contributed by atoms with E-state index in [9.17, 15) is 5.11 Å². The molecule has 1 aliphatic heterocycles. The highest BCUT2D eigenvalue weighted by molar-refractivity contribution is 5.54. The van der Waals surface area contributed by atoms with Crippen LogP contribution in [0, 0.1) is 0 Å². The fourth-order valence-electron chi connectivity index (χ4n) is 2.24. The molecule has 0 bridgehead atoms. The third kappa shape index (κ3) is 2.68. The van der Waals surface area contributed by atoms with Gasteiger partial charge in [0.05, 0.1) is 11.7 Å². The maximum Gasteiger partial charge on any atom is 0.164 e. The summed E-state index contributed by atoms with van der Waals surface area (Å²) >= 11 is 0. The van der Waals surface area contributed by atoms with E-state index in [-0.39, 0.29) is 6.10 Å². The van der Waals surface area contributed by atoms with E-state index in [2.05, 4.69) is 24.8 Å². The van der Waals surface area contributed by atoms with E-state index >= 15 is 0 Å². The van der Waals surface area contributed by atoms with Crippen LogP contribution < -0.4 is 4.90 Å². The minimum atomic E-state index is -0.271. The van der Waals surface area contributed by atoms with Crippen LogP contribution in [0.4, 0.5) is 5.82 Å². The highest BCUT2D eigenvalue weighted by Gasteiger charge is 2.19. The maximum absolute atomic E-state index is 9.72. The highest BCUT2D eigenvalue weighted by Crippen LogP contribution is 2.20. The Hall–Kier alpha value is -2.08. The van der Waals surface area contributed by atoms with Crippen molar-refractivity contribution in [1.82, 2.24) is 19.9 Å². The van der Waals surface area contributed by atoms with Gasteiger partial charge in [0.25, 0.3) is 0 Å². The number of rotatable bonds is 2. The normalized spacial score (nSPS) is 19.4. The van der Waals surface area contributed by atoms with Crippen LogP contribution in [0.15, 0.2) is 31.0 Å².